The maximum Gasteiger partial charge on any atom is 0.471 e. The summed E-state index contributed by atoms with van der Waals surface area (Å²) in [4.78, 5) is 22.7. The number of hydrogen-bond donors (Lipinski definition) is 1. The predicted octanol–water partition coefficient (Wildman–Crippen LogP) is 2.33. The standard InChI is InChI=1S/C10H13BrF3NO2/c11-6-7(16)9(4-2-1-3-5-9)15-8(17)10(12,13)14/h1-6H2,(H,15,17). The van der Waals surface area contributed by atoms with Gasteiger partial charge in [-0.2, -0.15) is 13.2 Å². The molecule has 1 aliphatic rings. The Hall–Kier alpha value is -0.590. The topological polar surface area (TPSA) is 46.2 Å². The first-order valence-corrected chi connectivity index (χ1v) is 6.42. The maximum atomic E-state index is 12.2. The van der Waals surface area contributed by atoms with Crippen molar-refractivity contribution < 1.29 is 22.8 Å². The molecule has 0 aromatic carbocycles. The number of rotatable bonds is 3. The summed E-state index contributed by atoms with van der Waals surface area (Å²) in [5, 5.41) is 1.83. The van der Waals surface area contributed by atoms with Crippen LogP contribution in [0.15, 0.2) is 0 Å². The van der Waals surface area contributed by atoms with Crippen LogP contribution in [0, 0.1) is 0 Å². The average molecular weight is 316 g/mol. The molecule has 1 saturated carbocycles. The number of Topliss-reactive ketones (excluding diaryl/α,β-unsaturated/α-hetero) is 1. The minimum Gasteiger partial charge on any atom is -0.336 e. The van der Waals surface area contributed by atoms with Gasteiger partial charge in [-0.05, 0) is 12.8 Å². The highest BCUT2D eigenvalue weighted by atomic mass is 79.9. The van der Waals surface area contributed by atoms with Gasteiger partial charge in [-0.25, -0.2) is 0 Å². The van der Waals surface area contributed by atoms with Crippen molar-refractivity contribution in [3.8, 4) is 0 Å². The molecule has 0 aliphatic heterocycles. The van der Waals surface area contributed by atoms with Gasteiger partial charge in [-0.1, -0.05) is 35.2 Å². The number of carbonyl (C=O) groups is 2. The van der Waals surface area contributed by atoms with Crippen molar-refractivity contribution in [2.45, 2.75) is 43.8 Å². The largest absolute Gasteiger partial charge is 0.471 e. The van der Waals surface area contributed by atoms with E-state index >= 15 is 0 Å². The summed E-state index contributed by atoms with van der Waals surface area (Å²) in [6.45, 7) is 0. The van der Waals surface area contributed by atoms with E-state index in [1.165, 1.54) is 0 Å². The fourth-order valence-electron chi connectivity index (χ4n) is 2.04. The van der Waals surface area contributed by atoms with Crippen LogP contribution in [-0.4, -0.2) is 28.7 Å². The molecular formula is C10H13BrF3NO2. The van der Waals surface area contributed by atoms with Crippen LogP contribution in [0.1, 0.15) is 32.1 Å². The molecule has 7 heteroatoms. The van der Waals surface area contributed by atoms with E-state index in [0.29, 0.717) is 12.8 Å². The lowest BCUT2D eigenvalue weighted by Gasteiger charge is -2.36. The van der Waals surface area contributed by atoms with Crippen LogP contribution in [0.2, 0.25) is 0 Å². The monoisotopic (exact) mass is 315 g/mol. The van der Waals surface area contributed by atoms with Gasteiger partial charge in [-0.15, -0.1) is 0 Å². The van der Waals surface area contributed by atoms with Crippen LogP contribution in [0.5, 0.6) is 0 Å². The summed E-state index contributed by atoms with van der Waals surface area (Å²) in [5.41, 5.74) is -1.34. The number of alkyl halides is 4. The Kier molecular flexibility index (Phi) is 4.57. The van der Waals surface area contributed by atoms with E-state index in [2.05, 4.69) is 15.9 Å². The van der Waals surface area contributed by atoms with Gasteiger partial charge in [0, 0.05) is 0 Å². The molecule has 1 fully saturated rings. The third kappa shape index (κ3) is 3.43. The van der Waals surface area contributed by atoms with Crippen LogP contribution in [0.4, 0.5) is 13.2 Å². The zero-order valence-electron chi connectivity index (χ0n) is 9.07. The quantitative estimate of drug-likeness (QED) is 0.812. The van der Waals surface area contributed by atoms with Gasteiger partial charge in [-0.3, -0.25) is 9.59 Å². The van der Waals surface area contributed by atoms with Crippen molar-refractivity contribution in [3.05, 3.63) is 0 Å². The molecule has 0 aromatic heterocycles. The molecule has 0 aromatic rings. The Morgan fingerprint density at radius 3 is 2.12 bits per heavy atom. The van der Waals surface area contributed by atoms with Crippen molar-refractivity contribution in [2.24, 2.45) is 0 Å². The first kappa shape index (κ1) is 14.5. The Morgan fingerprint density at radius 1 is 1.18 bits per heavy atom. The second-order valence-electron chi connectivity index (χ2n) is 4.15. The van der Waals surface area contributed by atoms with Gasteiger partial charge in [0.15, 0.2) is 5.78 Å². The fourth-order valence-corrected chi connectivity index (χ4v) is 2.58. The van der Waals surface area contributed by atoms with Crippen molar-refractivity contribution in [2.75, 3.05) is 5.33 Å². The summed E-state index contributed by atoms with van der Waals surface area (Å²) in [5.74, 6) is -2.43. The number of hydrogen-bond acceptors (Lipinski definition) is 2. The van der Waals surface area contributed by atoms with E-state index in [-0.39, 0.29) is 18.2 Å². The van der Waals surface area contributed by atoms with Crippen molar-refractivity contribution in [1.29, 1.82) is 0 Å². The van der Waals surface area contributed by atoms with Gasteiger partial charge >= 0.3 is 12.1 Å². The molecule has 0 radical (unpaired) electrons. The smallest absolute Gasteiger partial charge is 0.336 e. The summed E-state index contributed by atoms with van der Waals surface area (Å²) in [6.07, 6.45) is -2.22. The number of amides is 1. The molecule has 1 aliphatic carbocycles. The highest BCUT2D eigenvalue weighted by molar-refractivity contribution is 9.09. The summed E-state index contributed by atoms with van der Waals surface area (Å²) in [7, 11) is 0. The minimum absolute atomic E-state index is 0.0505. The Labute approximate surface area is 105 Å². The van der Waals surface area contributed by atoms with Crippen LogP contribution >= 0.6 is 15.9 Å². The highest BCUT2D eigenvalue weighted by Crippen LogP contribution is 2.31. The lowest BCUT2D eigenvalue weighted by atomic mass is 9.79. The van der Waals surface area contributed by atoms with Crippen LogP contribution < -0.4 is 5.32 Å². The number of nitrogens with one attached hydrogen (secondary N) is 1. The molecule has 1 N–H and O–H groups in total. The molecule has 3 nitrogen and oxygen atoms in total. The lowest BCUT2D eigenvalue weighted by molar-refractivity contribution is -0.176. The summed E-state index contributed by atoms with van der Waals surface area (Å²) < 4.78 is 36.6. The molecule has 0 heterocycles. The predicted molar refractivity (Wildman–Crippen MR) is 58.8 cm³/mol. The minimum atomic E-state index is -4.95. The number of carbonyl (C=O) groups excluding carboxylic acids is 2. The molecule has 1 amide bonds. The van der Waals surface area contributed by atoms with Gasteiger partial charge in [0.2, 0.25) is 0 Å². The first-order chi connectivity index (χ1) is 7.82. The fraction of sp³-hybridized carbons (Fsp3) is 0.800. The van der Waals surface area contributed by atoms with E-state index in [0.717, 1.165) is 6.42 Å². The molecule has 0 unspecified atom stereocenters. The summed E-state index contributed by atoms with van der Waals surface area (Å²) >= 11 is 2.94. The maximum absolute atomic E-state index is 12.2. The zero-order chi connectivity index (χ0) is 13.1. The zero-order valence-corrected chi connectivity index (χ0v) is 10.7. The van der Waals surface area contributed by atoms with Crippen molar-refractivity contribution in [3.63, 3.8) is 0 Å². The van der Waals surface area contributed by atoms with Crippen molar-refractivity contribution in [1.82, 2.24) is 5.32 Å². The number of ketones is 1. The van der Waals surface area contributed by atoms with E-state index in [9.17, 15) is 22.8 Å². The molecule has 17 heavy (non-hydrogen) atoms. The molecule has 0 spiro atoms. The van der Waals surface area contributed by atoms with Gasteiger partial charge in [0.1, 0.15) is 0 Å². The van der Waals surface area contributed by atoms with Crippen molar-refractivity contribution >= 4 is 27.6 Å². The third-order valence-electron chi connectivity index (χ3n) is 2.97. The van der Waals surface area contributed by atoms with Gasteiger partial charge < -0.3 is 5.32 Å². The van der Waals surface area contributed by atoms with Gasteiger partial charge in [0.25, 0.3) is 0 Å². The average Bonchev–Trinajstić information content (AvgIpc) is 2.27. The van der Waals surface area contributed by atoms with E-state index in [4.69, 9.17) is 0 Å². The van der Waals surface area contributed by atoms with E-state index in [1.807, 2.05) is 5.32 Å². The van der Waals surface area contributed by atoms with Crippen LogP contribution in [0.3, 0.4) is 0 Å². The molecular weight excluding hydrogens is 303 g/mol. The number of halogens is 4. The first-order valence-electron chi connectivity index (χ1n) is 5.30. The second kappa shape index (κ2) is 5.37. The molecule has 0 atom stereocenters. The normalized spacial score (nSPS) is 19.8. The van der Waals surface area contributed by atoms with E-state index in [1.54, 1.807) is 0 Å². The van der Waals surface area contributed by atoms with Gasteiger partial charge in [0.05, 0.1) is 10.9 Å². The lowest BCUT2D eigenvalue weighted by Crippen LogP contribution is -2.58. The third-order valence-corrected chi connectivity index (χ3v) is 3.48. The van der Waals surface area contributed by atoms with E-state index < -0.39 is 23.4 Å². The highest BCUT2D eigenvalue weighted by Gasteiger charge is 2.47. The van der Waals surface area contributed by atoms with Crippen LogP contribution in [0.25, 0.3) is 0 Å². The SMILES string of the molecule is O=C(NC1(C(=O)CBr)CCCCC1)C(F)(F)F. The van der Waals surface area contributed by atoms with Crippen LogP contribution in [-0.2, 0) is 9.59 Å². The second-order valence-corrected chi connectivity index (χ2v) is 4.71. The Morgan fingerprint density at radius 2 is 1.71 bits per heavy atom. The Balaban J connectivity index is 2.84. The molecule has 0 saturated heterocycles. The molecule has 1 rings (SSSR count). The summed E-state index contributed by atoms with van der Waals surface area (Å²) in [6, 6.07) is 0. The molecule has 0 bridgehead atoms. The Bertz CT molecular complexity index is 311. The molecule has 98 valence electrons.